The molecule has 0 fully saturated rings. The molecule has 1 aromatic rings. The Balaban J connectivity index is 2.98. The van der Waals surface area contributed by atoms with Crippen LogP contribution in [-0.2, 0) is 14.3 Å². The van der Waals surface area contributed by atoms with Gasteiger partial charge < -0.3 is 19.8 Å². The Morgan fingerprint density at radius 2 is 1.95 bits per heavy atom. The molecule has 1 unspecified atom stereocenters. The minimum atomic E-state index is -1.10. The predicted octanol–water partition coefficient (Wildman–Crippen LogP) is 1.02. The average molecular weight is 279 g/mol. The van der Waals surface area contributed by atoms with E-state index >= 15 is 0 Å². The Bertz CT molecular complexity index is 486. The lowest BCUT2D eigenvalue weighted by Gasteiger charge is -2.30. The fraction of sp³-hybridized carbons (Fsp3) is 0.286. The van der Waals surface area contributed by atoms with E-state index in [-0.39, 0.29) is 5.57 Å². The van der Waals surface area contributed by atoms with Crippen LogP contribution in [0.4, 0.5) is 5.69 Å². The van der Waals surface area contributed by atoms with E-state index in [1.54, 1.807) is 30.3 Å². The number of carbonyl (C=O) groups is 2. The van der Waals surface area contributed by atoms with Crippen molar-refractivity contribution in [3.8, 4) is 0 Å². The zero-order valence-electron chi connectivity index (χ0n) is 11.2. The third-order valence-corrected chi connectivity index (χ3v) is 2.49. The van der Waals surface area contributed by atoms with Gasteiger partial charge in [-0.15, -0.1) is 0 Å². The zero-order valence-corrected chi connectivity index (χ0v) is 11.2. The van der Waals surface area contributed by atoms with Crippen LogP contribution in [0.15, 0.2) is 42.5 Å². The first kappa shape index (κ1) is 15.7. The highest BCUT2D eigenvalue weighted by molar-refractivity contribution is 5.87. The number of nitrogens with zero attached hydrogens (tertiary/aromatic N) is 1. The molecule has 0 aliphatic carbocycles. The summed E-state index contributed by atoms with van der Waals surface area (Å²) in [5.41, 5.74) is 0.704. The summed E-state index contributed by atoms with van der Waals surface area (Å²) in [7, 11) is 0. The van der Waals surface area contributed by atoms with Crippen molar-refractivity contribution in [1.29, 1.82) is 0 Å². The number of aliphatic carboxylic acids is 1. The molecule has 0 amide bonds. The van der Waals surface area contributed by atoms with Gasteiger partial charge in [-0.05, 0) is 19.1 Å². The van der Waals surface area contributed by atoms with Crippen molar-refractivity contribution in [3.63, 3.8) is 0 Å². The highest BCUT2D eigenvalue weighted by atomic mass is 16.6. The predicted molar refractivity (Wildman–Crippen MR) is 73.2 cm³/mol. The molecule has 108 valence electrons. The topological polar surface area (TPSA) is 87.1 Å². The molecule has 2 N–H and O–H groups in total. The summed E-state index contributed by atoms with van der Waals surface area (Å²) in [5.74, 6) is -1.78. The maximum absolute atomic E-state index is 11.5. The number of ether oxygens (including phenoxy) is 1. The number of para-hydroxylation sites is 1. The lowest BCUT2D eigenvalue weighted by atomic mass is 10.2. The van der Waals surface area contributed by atoms with Crippen molar-refractivity contribution < 1.29 is 24.5 Å². The first-order chi connectivity index (χ1) is 9.45. The molecule has 6 nitrogen and oxygen atoms in total. The maximum Gasteiger partial charge on any atom is 0.335 e. The van der Waals surface area contributed by atoms with Crippen molar-refractivity contribution >= 4 is 17.6 Å². The Kier molecular flexibility index (Phi) is 5.74. The van der Waals surface area contributed by atoms with Crippen LogP contribution in [0.5, 0.6) is 0 Å². The minimum absolute atomic E-state index is 0.173. The Labute approximate surface area is 116 Å². The highest BCUT2D eigenvalue weighted by Crippen LogP contribution is 2.17. The number of anilines is 1. The summed E-state index contributed by atoms with van der Waals surface area (Å²) >= 11 is 0. The van der Waals surface area contributed by atoms with Crippen LogP contribution in [0, 0.1) is 0 Å². The number of carbonyl (C=O) groups excluding carboxylic acids is 1. The highest BCUT2D eigenvalue weighted by Gasteiger charge is 2.24. The smallest absolute Gasteiger partial charge is 0.335 e. The van der Waals surface area contributed by atoms with E-state index in [1.807, 2.05) is 0 Å². The maximum atomic E-state index is 11.5. The van der Waals surface area contributed by atoms with Crippen molar-refractivity contribution in [2.45, 2.75) is 13.2 Å². The zero-order chi connectivity index (χ0) is 15.1. The second kappa shape index (κ2) is 7.30. The number of esters is 1. The monoisotopic (exact) mass is 279 g/mol. The van der Waals surface area contributed by atoms with Gasteiger partial charge in [0.25, 0.3) is 0 Å². The molecule has 0 bridgehead atoms. The third-order valence-electron chi connectivity index (χ3n) is 2.49. The van der Waals surface area contributed by atoms with Gasteiger partial charge in [0.05, 0.1) is 6.61 Å². The van der Waals surface area contributed by atoms with Gasteiger partial charge in [-0.2, -0.15) is 0 Å². The van der Waals surface area contributed by atoms with Gasteiger partial charge in [-0.1, -0.05) is 24.8 Å². The second-order valence-electron chi connectivity index (χ2n) is 4.18. The van der Waals surface area contributed by atoms with E-state index in [2.05, 4.69) is 6.58 Å². The normalized spacial score (nSPS) is 11.5. The van der Waals surface area contributed by atoms with E-state index in [0.717, 1.165) is 0 Å². The summed E-state index contributed by atoms with van der Waals surface area (Å²) in [6, 6.07) is 8.55. The number of aliphatic hydroxyl groups is 1. The van der Waals surface area contributed by atoms with Crippen LogP contribution < -0.4 is 4.90 Å². The molecule has 6 heteroatoms. The molecule has 0 radical (unpaired) electrons. The van der Waals surface area contributed by atoms with Gasteiger partial charge in [0.2, 0.25) is 0 Å². The van der Waals surface area contributed by atoms with Crippen LogP contribution >= 0.6 is 0 Å². The fourth-order valence-electron chi connectivity index (χ4n) is 1.55. The molecular weight excluding hydrogens is 262 g/mol. The van der Waals surface area contributed by atoms with Crippen LogP contribution in [-0.4, -0.2) is 41.5 Å². The van der Waals surface area contributed by atoms with Gasteiger partial charge in [0, 0.05) is 11.3 Å². The molecule has 1 atom stereocenters. The van der Waals surface area contributed by atoms with Crippen LogP contribution in [0.2, 0.25) is 0 Å². The molecule has 0 aromatic heterocycles. The quantitative estimate of drug-likeness (QED) is 0.440. The molecule has 1 rings (SSSR count). The molecule has 0 saturated heterocycles. The van der Waals surface area contributed by atoms with Gasteiger partial charge in [-0.25, -0.2) is 4.79 Å². The number of rotatable bonds is 7. The molecule has 0 saturated carbocycles. The average Bonchev–Trinajstić information content (AvgIpc) is 2.42. The summed E-state index contributed by atoms with van der Waals surface area (Å²) < 4.78 is 5.05. The van der Waals surface area contributed by atoms with E-state index < -0.39 is 31.3 Å². The van der Waals surface area contributed by atoms with E-state index in [0.29, 0.717) is 5.69 Å². The fourth-order valence-corrected chi connectivity index (χ4v) is 1.55. The standard InChI is InChI=1S/C14H17NO5/c1-10(2)14(19)20-12(9-16)15(8-13(17)18)11-6-4-3-5-7-11/h3-7,12,16H,1,8-9H2,2H3,(H,17,18). The molecule has 0 aliphatic heterocycles. The summed E-state index contributed by atoms with van der Waals surface area (Å²) in [5, 5.41) is 18.3. The lowest BCUT2D eigenvalue weighted by Crippen LogP contribution is -2.44. The van der Waals surface area contributed by atoms with Gasteiger partial charge in [0.15, 0.2) is 6.23 Å². The Morgan fingerprint density at radius 1 is 1.35 bits per heavy atom. The SMILES string of the molecule is C=C(C)C(=O)OC(CO)N(CC(=O)O)c1ccccc1. The first-order valence-corrected chi connectivity index (χ1v) is 5.96. The second-order valence-corrected chi connectivity index (χ2v) is 4.18. The van der Waals surface area contributed by atoms with Gasteiger partial charge in [0.1, 0.15) is 6.54 Å². The van der Waals surface area contributed by atoms with Crippen molar-refractivity contribution in [1.82, 2.24) is 0 Å². The number of carboxylic acids is 1. The number of carboxylic acid groups (broad SMARTS) is 1. The van der Waals surface area contributed by atoms with Crippen LogP contribution in [0.3, 0.4) is 0 Å². The number of aliphatic hydroxyl groups excluding tert-OH is 1. The largest absolute Gasteiger partial charge is 0.480 e. The Morgan fingerprint density at radius 3 is 2.40 bits per heavy atom. The Hall–Kier alpha value is -2.34. The summed E-state index contributed by atoms with van der Waals surface area (Å²) in [6.07, 6.45) is -1.09. The van der Waals surface area contributed by atoms with Crippen LogP contribution in [0.25, 0.3) is 0 Å². The minimum Gasteiger partial charge on any atom is -0.480 e. The van der Waals surface area contributed by atoms with E-state index in [9.17, 15) is 14.7 Å². The third kappa shape index (κ3) is 4.40. The number of benzene rings is 1. The first-order valence-electron chi connectivity index (χ1n) is 5.96. The molecule has 0 aliphatic rings. The van der Waals surface area contributed by atoms with Crippen molar-refractivity contribution in [2.75, 3.05) is 18.1 Å². The van der Waals surface area contributed by atoms with Crippen molar-refractivity contribution in [3.05, 3.63) is 42.5 Å². The molecule has 0 spiro atoms. The van der Waals surface area contributed by atoms with Crippen molar-refractivity contribution in [2.24, 2.45) is 0 Å². The molecular formula is C14H17NO5. The van der Waals surface area contributed by atoms with Gasteiger partial charge >= 0.3 is 11.9 Å². The van der Waals surface area contributed by atoms with Gasteiger partial charge in [-0.3, -0.25) is 4.79 Å². The molecule has 0 heterocycles. The van der Waals surface area contributed by atoms with Crippen LogP contribution in [0.1, 0.15) is 6.92 Å². The number of hydrogen-bond donors (Lipinski definition) is 2. The number of hydrogen-bond acceptors (Lipinski definition) is 5. The molecule has 20 heavy (non-hydrogen) atoms. The van der Waals surface area contributed by atoms with E-state index in [1.165, 1.54) is 11.8 Å². The summed E-state index contributed by atoms with van der Waals surface area (Å²) in [4.78, 5) is 23.8. The van der Waals surface area contributed by atoms with E-state index in [4.69, 9.17) is 9.84 Å². The lowest BCUT2D eigenvalue weighted by molar-refractivity contribution is -0.147. The molecule has 1 aromatic carbocycles. The summed E-state index contributed by atoms with van der Waals surface area (Å²) in [6.45, 7) is 3.99.